The van der Waals surface area contributed by atoms with E-state index in [4.69, 9.17) is 9.47 Å². The van der Waals surface area contributed by atoms with Crippen molar-refractivity contribution >= 4 is 11.9 Å². The summed E-state index contributed by atoms with van der Waals surface area (Å²) in [6.45, 7) is 5.75. The fourth-order valence-corrected chi connectivity index (χ4v) is 2.55. The van der Waals surface area contributed by atoms with E-state index in [1.807, 2.05) is 51.1 Å². The van der Waals surface area contributed by atoms with Crippen LogP contribution in [0.2, 0.25) is 0 Å². The summed E-state index contributed by atoms with van der Waals surface area (Å²) >= 11 is 0. The molecule has 6 nitrogen and oxygen atoms in total. The SMILES string of the molecule is COc1ccc(O)c(C(=O)OCC(=O)N(Cc2ccccc2)C(C)(C)C)c1. The first-order valence-corrected chi connectivity index (χ1v) is 8.61. The molecule has 144 valence electrons. The Kier molecular flexibility index (Phi) is 6.45. The summed E-state index contributed by atoms with van der Waals surface area (Å²) in [6.07, 6.45) is 0. The molecule has 0 aliphatic carbocycles. The van der Waals surface area contributed by atoms with Crippen LogP contribution in [0, 0.1) is 0 Å². The summed E-state index contributed by atoms with van der Waals surface area (Å²) in [5.41, 5.74) is 0.488. The lowest BCUT2D eigenvalue weighted by molar-refractivity contribution is -0.140. The van der Waals surface area contributed by atoms with Crippen LogP contribution in [-0.4, -0.2) is 41.1 Å². The number of carbonyl (C=O) groups excluding carboxylic acids is 2. The van der Waals surface area contributed by atoms with E-state index in [0.29, 0.717) is 12.3 Å². The molecule has 0 fully saturated rings. The van der Waals surface area contributed by atoms with Crippen LogP contribution < -0.4 is 4.74 Å². The van der Waals surface area contributed by atoms with Crippen molar-refractivity contribution in [3.8, 4) is 11.5 Å². The van der Waals surface area contributed by atoms with Crippen LogP contribution in [0.3, 0.4) is 0 Å². The van der Waals surface area contributed by atoms with Crippen LogP contribution in [-0.2, 0) is 16.1 Å². The molecule has 0 aromatic heterocycles. The highest BCUT2D eigenvalue weighted by Gasteiger charge is 2.27. The summed E-state index contributed by atoms with van der Waals surface area (Å²) in [6, 6.07) is 13.8. The number of ether oxygens (including phenoxy) is 2. The van der Waals surface area contributed by atoms with Gasteiger partial charge < -0.3 is 19.5 Å². The summed E-state index contributed by atoms with van der Waals surface area (Å²) < 4.78 is 10.2. The van der Waals surface area contributed by atoms with Crippen molar-refractivity contribution in [1.82, 2.24) is 4.90 Å². The Morgan fingerprint density at radius 3 is 2.33 bits per heavy atom. The second kappa shape index (κ2) is 8.58. The van der Waals surface area contributed by atoms with Gasteiger partial charge in [-0.1, -0.05) is 30.3 Å². The maximum absolute atomic E-state index is 12.7. The number of amides is 1. The first-order valence-electron chi connectivity index (χ1n) is 8.61. The predicted molar refractivity (Wildman–Crippen MR) is 102 cm³/mol. The Hall–Kier alpha value is -3.02. The van der Waals surface area contributed by atoms with Crippen molar-refractivity contribution in [2.75, 3.05) is 13.7 Å². The summed E-state index contributed by atoms with van der Waals surface area (Å²) in [5.74, 6) is -0.924. The third-order valence-corrected chi connectivity index (χ3v) is 4.04. The number of aromatic hydroxyl groups is 1. The number of esters is 1. The van der Waals surface area contributed by atoms with Crippen molar-refractivity contribution < 1.29 is 24.2 Å². The zero-order valence-electron chi connectivity index (χ0n) is 16.1. The third-order valence-electron chi connectivity index (χ3n) is 4.04. The normalized spacial score (nSPS) is 11.0. The molecule has 2 aromatic rings. The number of carbonyl (C=O) groups is 2. The Morgan fingerprint density at radius 1 is 1.07 bits per heavy atom. The summed E-state index contributed by atoms with van der Waals surface area (Å²) in [4.78, 5) is 26.6. The molecule has 0 saturated heterocycles. The molecule has 0 atom stereocenters. The monoisotopic (exact) mass is 371 g/mol. The first-order chi connectivity index (χ1) is 12.7. The average molecular weight is 371 g/mol. The molecule has 0 saturated carbocycles. The number of nitrogens with zero attached hydrogens (tertiary/aromatic N) is 1. The Bertz CT molecular complexity index is 796. The molecule has 1 N–H and O–H groups in total. The average Bonchev–Trinajstić information content (AvgIpc) is 2.64. The molecular weight excluding hydrogens is 346 g/mol. The van der Waals surface area contributed by atoms with Crippen molar-refractivity contribution in [2.45, 2.75) is 32.9 Å². The molecule has 0 aliphatic heterocycles. The van der Waals surface area contributed by atoms with E-state index in [0.717, 1.165) is 5.56 Å². The molecule has 0 bridgehead atoms. The van der Waals surface area contributed by atoms with E-state index in [1.54, 1.807) is 4.90 Å². The van der Waals surface area contributed by atoms with Gasteiger partial charge >= 0.3 is 5.97 Å². The molecule has 0 spiro atoms. The number of hydrogen-bond donors (Lipinski definition) is 1. The highest BCUT2D eigenvalue weighted by atomic mass is 16.5. The maximum Gasteiger partial charge on any atom is 0.342 e. The molecule has 6 heteroatoms. The number of phenolic OH excluding ortho intramolecular Hbond substituents is 1. The molecule has 0 unspecified atom stereocenters. The largest absolute Gasteiger partial charge is 0.507 e. The highest BCUT2D eigenvalue weighted by molar-refractivity contribution is 5.94. The quantitative estimate of drug-likeness (QED) is 0.788. The van der Waals surface area contributed by atoms with Crippen LogP contribution in [0.25, 0.3) is 0 Å². The second-order valence-electron chi connectivity index (χ2n) is 7.10. The van der Waals surface area contributed by atoms with Crippen molar-refractivity contribution in [2.24, 2.45) is 0 Å². The second-order valence-corrected chi connectivity index (χ2v) is 7.10. The van der Waals surface area contributed by atoms with Gasteiger partial charge in [0, 0.05) is 12.1 Å². The lowest BCUT2D eigenvalue weighted by Crippen LogP contribution is -2.46. The maximum atomic E-state index is 12.7. The minimum Gasteiger partial charge on any atom is -0.507 e. The summed E-state index contributed by atoms with van der Waals surface area (Å²) in [5, 5.41) is 9.85. The van der Waals surface area contributed by atoms with E-state index >= 15 is 0 Å². The van der Waals surface area contributed by atoms with Crippen molar-refractivity contribution in [3.05, 3.63) is 59.7 Å². The van der Waals surface area contributed by atoms with Crippen LogP contribution >= 0.6 is 0 Å². The molecule has 1 amide bonds. The van der Waals surface area contributed by atoms with E-state index in [-0.39, 0.29) is 17.2 Å². The number of phenols is 1. The van der Waals surface area contributed by atoms with E-state index < -0.39 is 18.1 Å². The van der Waals surface area contributed by atoms with Gasteiger partial charge in [-0.2, -0.15) is 0 Å². The predicted octanol–water partition coefficient (Wildman–Crippen LogP) is 3.38. The molecule has 27 heavy (non-hydrogen) atoms. The molecular formula is C21H25NO5. The van der Waals surface area contributed by atoms with Crippen molar-refractivity contribution in [1.29, 1.82) is 0 Å². The van der Waals surface area contributed by atoms with Crippen molar-refractivity contribution in [3.63, 3.8) is 0 Å². The Labute approximate surface area is 159 Å². The van der Waals surface area contributed by atoms with Crippen LogP contribution in [0.4, 0.5) is 0 Å². The zero-order valence-corrected chi connectivity index (χ0v) is 16.1. The van der Waals surface area contributed by atoms with Gasteiger partial charge in [-0.05, 0) is 44.5 Å². The minimum atomic E-state index is -0.784. The number of hydrogen-bond acceptors (Lipinski definition) is 5. The number of methoxy groups -OCH3 is 1. The molecule has 2 aromatic carbocycles. The van der Waals surface area contributed by atoms with Gasteiger partial charge in [0.25, 0.3) is 5.91 Å². The van der Waals surface area contributed by atoms with Gasteiger partial charge in [0.2, 0.25) is 0 Å². The summed E-state index contributed by atoms with van der Waals surface area (Å²) in [7, 11) is 1.45. The van der Waals surface area contributed by atoms with Gasteiger partial charge in [-0.25, -0.2) is 4.79 Å². The van der Waals surface area contributed by atoms with Gasteiger partial charge in [0.1, 0.15) is 17.1 Å². The Balaban J connectivity index is 2.08. The highest BCUT2D eigenvalue weighted by Crippen LogP contribution is 2.24. The lowest BCUT2D eigenvalue weighted by Gasteiger charge is -2.35. The fraction of sp³-hybridized carbons (Fsp3) is 0.333. The lowest BCUT2D eigenvalue weighted by atomic mass is 10.0. The number of benzene rings is 2. The van der Waals surface area contributed by atoms with E-state index in [1.165, 1.54) is 25.3 Å². The van der Waals surface area contributed by atoms with Gasteiger partial charge in [-0.15, -0.1) is 0 Å². The molecule has 0 heterocycles. The zero-order chi connectivity index (χ0) is 20.0. The van der Waals surface area contributed by atoms with Crippen LogP contribution in [0.15, 0.2) is 48.5 Å². The molecule has 0 aliphatic rings. The third kappa shape index (κ3) is 5.48. The fourth-order valence-electron chi connectivity index (χ4n) is 2.55. The van der Waals surface area contributed by atoms with Crippen LogP contribution in [0.1, 0.15) is 36.7 Å². The molecule has 0 radical (unpaired) electrons. The number of rotatable bonds is 6. The van der Waals surface area contributed by atoms with Gasteiger partial charge in [-0.3, -0.25) is 4.79 Å². The van der Waals surface area contributed by atoms with Gasteiger partial charge in [0.05, 0.1) is 7.11 Å². The first kappa shape index (κ1) is 20.3. The minimum absolute atomic E-state index is 0.0486. The standard InChI is InChI=1S/C21H25NO5/c1-21(2,3)22(13-15-8-6-5-7-9-15)19(24)14-27-20(25)17-12-16(26-4)10-11-18(17)23/h5-12,23H,13-14H2,1-4H3. The van der Waals surface area contributed by atoms with E-state index in [9.17, 15) is 14.7 Å². The van der Waals surface area contributed by atoms with Crippen LogP contribution in [0.5, 0.6) is 11.5 Å². The van der Waals surface area contributed by atoms with E-state index in [2.05, 4.69) is 0 Å². The van der Waals surface area contributed by atoms with Gasteiger partial charge in [0.15, 0.2) is 6.61 Å². The Morgan fingerprint density at radius 2 is 1.74 bits per heavy atom. The molecule has 2 rings (SSSR count). The topological polar surface area (TPSA) is 76.1 Å². The smallest absolute Gasteiger partial charge is 0.342 e.